The molecule has 27 heavy (non-hydrogen) atoms. The Morgan fingerprint density at radius 1 is 0.963 bits per heavy atom. The van der Waals surface area contributed by atoms with Gasteiger partial charge in [-0.2, -0.15) is 0 Å². The van der Waals surface area contributed by atoms with Crippen LogP contribution in [0.25, 0.3) is 0 Å². The number of carbonyl (C=O) groups excluding carboxylic acids is 3. The molecule has 0 heterocycles. The number of hydrogen-bond acceptors (Lipinski definition) is 4. The molecule has 0 radical (unpaired) electrons. The second kappa shape index (κ2) is 8.62. The SMILES string of the molecule is Cc1cccc(C(=O)NCC(=O)OCC(=O)c2ccc(C(C)(C)C)cc2)c1. The highest BCUT2D eigenvalue weighted by Gasteiger charge is 2.15. The number of amides is 1. The van der Waals surface area contributed by atoms with Gasteiger partial charge in [0.1, 0.15) is 6.54 Å². The fourth-order valence-corrected chi connectivity index (χ4v) is 2.48. The Labute approximate surface area is 159 Å². The third-order valence-electron chi connectivity index (χ3n) is 4.11. The van der Waals surface area contributed by atoms with Crippen LogP contribution in [0.3, 0.4) is 0 Å². The summed E-state index contributed by atoms with van der Waals surface area (Å²) in [5.74, 6) is -1.30. The molecule has 0 atom stereocenters. The third-order valence-corrected chi connectivity index (χ3v) is 4.11. The summed E-state index contributed by atoms with van der Waals surface area (Å²) in [7, 11) is 0. The maximum Gasteiger partial charge on any atom is 0.325 e. The van der Waals surface area contributed by atoms with Gasteiger partial charge in [0.05, 0.1) is 0 Å². The second-order valence-electron chi connectivity index (χ2n) is 7.46. The number of esters is 1. The van der Waals surface area contributed by atoms with Crippen LogP contribution in [-0.4, -0.2) is 30.8 Å². The van der Waals surface area contributed by atoms with Gasteiger partial charge in [0.25, 0.3) is 5.91 Å². The molecule has 0 bridgehead atoms. The van der Waals surface area contributed by atoms with E-state index in [1.165, 1.54) is 0 Å². The van der Waals surface area contributed by atoms with E-state index >= 15 is 0 Å². The summed E-state index contributed by atoms with van der Waals surface area (Å²) in [4.78, 5) is 35.9. The molecule has 0 saturated carbocycles. The zero-order valence-corrected chi connectivity index (χ0v) is 16.2. The van der Waals surface area contributed by atoms with Crippen LogP contribution < -0.4 is 5.32 Å². The summed E-state index contributed by atoms with van der Waals surface area (Å²) >= 11 is 0. The summed E-state index contributed by atoms with van der Waals surface area (Å²) in [6.07, 6.45) is 0. The second-order valence-corrected chi connectivity index (χ2v) is 7.46. The molecule has 5 nitrogen and oxygen atoms in total. The van der Waals surface area contributed by atoms with E-state index in [-0.39, 0.29) is 30.3 Å². The first-order chi connectivity index (χ1) is 12.7. The molecule has 0 aromatic heterocycles. The van der Waals surface area contributed by atoms with Crippen LogP contribution in [0.4, 0.5) is 0 Å². The summed E-state index contributed by atoms with van der Waals surface area (Å²) in [6, 6.07) is 14.3. The minimum absolute atomic E-state index is 0.00352. The fraction of sp³-hybridized carbons (Fsp3) is 0.318. The molecular formula is C22H25NO4. The topological polar surface area (TPSA) is 72.5 Å². The molecule has 142 valence electrons. The van der Waals surface area contributed by atoms with Gasteiger partial charge < -0.3 is 10.1 Å². The molecule has 2 aromatic carbocycles. The monoisotopic (exact) mass is 367 g/mol. The number of Topliss-reactive ketones (excluding diaryl/α,β-unsaturated/α-hetero) is 1. The van der Waals surface area contributed by atoms with Crippen molar-refractivity contribution in [1.82, 2.24) is 5.32 Å². The highest BCUT2D eigenvalue weighted by atomic mass is 16.5. The van der Waals surface area contributed by atoms with E-state index in [1.807, 2.05) is 25.1 Å². The van der Waals surface area contributed by atoms with E-state index in [0.29, 0.717) is 11.1 Å². The average molecular weight is 367 g/mol. The molecule has 1 N–H and O–H groups in total. The summed E-state index contributed by atoms with van der Waals surface area (Å²) in [5, 5.41) is 2.49. The summed E-state index contributed by atoms with van der Waals surface area (Å²) in [5.41, 5.74) is 3.03. The molecule has 0 aliphatic carbocycles. The van der Waals surface area contributed by atoms with Crippen molar-refractivity contribution in [2.75, 3.05) is 13.2 Å². The van der Waals surface area contributed by atoms with E-state index in [9.17, 15) is 14.4 Å². The molecule has 2 aromatic rings. The molecule has 0 saturated heterocycles. The first kappa shape index (κ1) is 20.4. The lowest BCUT2D eigenvalue weighted by Gasteiger charge is -2.18. The number of benzene rings is 2. The number of aryl methyl sites for hydroxylation is 1. The van der Waals surface area contributed by atoms with Crippen LogP contribution >= 0.6 is 0 Å². The van der Waals surface area contributed by atoms with Crippen molar-refractivity contribution >= 4 is 17.7 Å². The van der Waals surface area contributed by atoms with Crippen molar-refractivity contribution in [2.45, 2.75) is 33.1 Å². The quantitative estimate of drug-likeness (QED) is 0.627. The molecule has 5 heteroatoms. The zero-order valence-electron chi connectivity index (χ0n) is 16.2. The average Bonchev–Trinajstić information content (AvgIpc) is 2.63. The molecule has 1 amide bonds. The molecule has 0 aliphatic rings. The maximum atomic E-state index is 12.1. The fourth-order valence-electron chi connectivity index (χ4n) is 2.48. The lowest BCUT2D eigenvalue weighted by atomic mass is 9.86. The van der Waals surface area contributed by atoms with Gasteiger partial charge >= 0.3 is 5.97 Å². The Morgan fingerprint density at radius 2 is 1.63 bits per heavy atom. The third kappa shape index (κ3) is 6.06. The van der Waals surface area contributed by atoms with E-state index in [1.54, 1.807) is 30.3 Å². The van der Waals surface area contributed by atoms with Crippen molar-refractivity contribution in [2.24, 2.45) is 0 Å². The van der Waals surface area contributed by atoms with Crippen molar-refractivity contribution in [3.63, 3.8) is 0 Å². The highest BCUT2D eigenvalue weighted by Crippen LogP contribution is 2.22. The molecule has 0 unspecified atom stereocenters. The minimum Gasteiger partial charge on any atom is -0.456 e. The van der Waals surface area contributed by atoms with Gasteiger partial charge in [-0.3, -0.25) is 14.4 Å². The van der Waals surface area contributed by atoms with Crippen LogP contribution in [0.5, 0.6) is 0 Å². The first-order valence-electron chi connectivity index (χ1n) is 8.81. The van der Waals surface area contributed by atoms with Crippen LogP contribution in [-0.2, 0) is 14.9 Å². The number of ether oxygens (including phenoxy) is 1. The highest BCUT2D eigenvalue weighted by molar-refractivity contribution is 5.99. The normalized spacial score (nSPS) is 11.0. The Bertz CT molecular complexity index is 832. The van der Waals surface area contributed by atoms with Crippen LogP contribution in [0, 0.1) is 6.92 Å². The van der Waals surface area contributed by atoms with Gasteiger partial charge in [0, 0.05) is 11.1 Å². The van der Waals surface area contributed by atoms with Gasteiger partial charge in [-0.15, -0.1) is 0 Å². The first-order valence-corrected chi connectivity index (χ1v) is 8.81. The van der Waals surface area contributed by atoms with Crippen molar-refractivity contribution in [1.29, 1.82) is 0 Å². The Balaban J connectivity index is 1.81. The Morgan fingerprint density at radius 3 is 2.22 bits per heavy atom. The minimum atomic E-state index is -0.657. The number of carbonyl (C=O) groups is 3. The van der Waals surface area contributed by atoms with Crippen molar-refractivity contribution in [3.05, 3.63) is 70.8 Å². The molecular weight excluding hydrogens is 342 g/mol. The molecule has 0 spiro atoms. The summed E-state index contributed by atoms with van der Waals surface area (Å²) in [6.45, 7) is 7.52. The van der Waals surface area contributed by atoms with Crippen molar-refractivity contribution < 1.29 is 19.1 Å². The molecule has 0 aliphatic heterocycles. The van der Waals surface area contributed by atoms with Crippen LogP contribution in [0.15, 0.2) is 48.5 Å². The standard InChI is InChI=1S/C22H25NO4/c1-15-6-5-7-17(12-15)21(26)23-13-20(25)27-14-19(24)16-8-10-18(11-9-16)22(2,3)4/h5-12H,13-14H2,1-4H3,(H,23,26). The largest absolute Gasteiger partial charge is 0.456 e. The van der Waals surface area contributed by atoms with Gasteiger partial charge in [-0.1, -0.05) is 62.7 Å². The van der Waals surface area contributed by atoms with E-state index in [2.05, 4.69) is 26.1 Å². The number of ketones is 1. The number of hydrogen-bond donors (Lipinski definition) is 1. The van der Waals surface area contributed by atoms with Gasteiger partial charge in [-0.05, 0) is 30.0 Å². The van der Waals surface area contributed by atoms with Crippen LogP contribution in [0.1, 0.15) is 52.6 Å². The van der Waals surface area contributed by atoms with E-state index in [4.69, 9.17) is 4.74 Å². The summed E-state index contributed by atoms with van der Waals surface area (Å²) < 4.78 is 4.96. The Hall–Kier alpha value is -2.95. The lowest BCUT2D eigenvalue weighted by molar-refractivity contribution is -0.141. The van der Waals surface area contributed by atoms with E-state index in [0.717, 1.165) is 11.1 Å². The van der Waals surface area contributed by atoms with Crippen molar-refractivity contribution in [3.8, 4) is 0 Å². The predicted octanol–water partition coefficient (Wildman–Crippen LogP) is 3.45. The van der Waals surface area contributed by atoms with Gasteiger partial charge in [0.2, 0.25) is 0 Å². The predicted molar refractivity (Wildman–Crippen MR) is 104 cm³/mol. The lowest BCUT2D eigenvalue weighted by Crippen LogP contribution is -2.31. The maximum absolute atomic E-state index is 12.1. The smallest absolute Gasteiger partial charge is 0.325 e. The zero-order chi connectivity index (χ0) is 20.0. The molecule has 2 rings (SSSR count). The number of rotatable bonds is 6. The van der Waals surface area contributed by atoms with E-state index < -0.39 is 5.97 Å². The Kier molecular flexibility index (Phi) is 6.50. The van der Waals surface area contributed by atoms with Gasteiger partial charge in [0.15, 0.2) is 12.4 Å². The molecule has 0 fully saturated rings. The number of nitrogens with one attached hydrogen (secondary N) is 1. The van der Waals surface area contributed by atoms with Gasteiger partial charge in [-0.25, -0.2) is 0 Å². The van der Waals surface area contributed by atoms with Crippen LogP contribution in [0.2, 0.25) is 0 Å².